The Morgan fingerprint density at radius 3 is 1.93 bits per heavy atom. The number of aliphatic carboxylic acids is 1. The summed E-state index contributed by atoms with van der Waals surface area (Å²) in [6, 6.07) is 0. The largest absolute Gasteiger partial charge is 0.478 e. The fourth-order valence-electron chi connectivity index (χ4n) is 0.580. The van der Waals surface area contributed by atoms with E-state index >= 15 is 0 Å². The number of carboxylic acids is 1. The topological polar surface area (TPSA) is 57.5 Å². The van der Waals surface area contributed by atoms with Gasteiger partial charge in [0, 0.05) is 5.57 Å². The van der Waals surface area contributed by atoms with Gasteiger partial charge in [0.15, 0.2) is 0 Å². The molecule has 0 rings (SSSR count). The molecule has 88 valence electrons. The molecule has 1 unspecified atom stereocenters. The quantitative estimate of drug-likeness (QED) is 0.575. The van der Waals surface area contributed by atoms with Gasteiger partial charge < -0.3 is 10.2 Å². The van der Waals surface area contributed by atoms with Crippen molar-refractivity contribution in [3.8, 4) is 0 Å². The molecule has 0 bridgehead atoms. The predicted molar refractivity (Wildman–Crippen MR) is 38.4 cm³/mol. The molecule has 15 heavy (non-hydrogen) atoms. The van der Waals surface area contributed by atoms with Gasteiger partial charge >= 0.3 is 18.1 Å². The first-order chi connectivity index (χ1) is 6.50. The summed E-state index contributed by atoms with van der Waals surface area (Å²) in [6.07, 6.45) is -9.20. The number of hydrogen-bond acceptors (Lipinski definition) is 2. The van der Waals surface area contributed by atoms with Crippen molar-refractivity contribution in [2.24, 2.45) is 0 Å². The summed E-state index contributed by atoms with van der Waals surface area (Å²) < 4.78 is 59.6. The Kier molecular flexibility index (Phi) is 3.81. The molecule has 0 heterocycles. The van der Waals surface area contributed by atoms with Crippen molar-refractivity contribution in [2.45, 2.75) is 25.1 Å². The maximum Gasteiger partial charge on any atom is 0.456 e. The van der Waals surface area contributed by atoms with Crippen LogP contribution in [0.4, 0.5) is 22.0 Å². The molecular weight excluding hydrogens is 227 g/mol. The first-order valence-electron chi connectivity index (χ1n) is 3.54. The van der Waals surface area contributed by atoms with E-state index in [1.165, 1.54) is 0 Å². The maximum absolute atomic E-state index is 12.3. The van der Waals surface area contributed by atoms with Crippen molar-refractivity contribution in [2.75, 3.05) is 0 Å². The van der Waals surface area contributed by atoms with Crippen LogP contribution in [0.15, 0.2) is 11.6 Å². The zero-order chi connectivity index (χ0) is 12.4. The molecule has 1 atom stereocenters. The molecular formula is C7H7F5O3. The maximum atomic E-state index is 12.3. The lowest BCUT2D eigenvalue weighted by Crippen LogP contribution is -2.46. The molecule has 2 N–H and O–H groups in total. The average Bonchev–Trinajstić information content (AvgIpc) is 2.01. The predicted octanol–water partition coefficient (Wildman–Crippen LogP) is 1.58. The Morgan fingerprint density at radius 1 is 1.27 bits per heavy atom. The minimum Gasteiger partial charge on any atom is -0.478 e. The van der Waals surface area contributed by atoms with Crippen LogP contribution in [0.3, 0.4) is 0 Å². The van der Waals surface area contributed by atoms with E-state index in [9.17, 15) is 26.7 Å². The molecule has 0 aromatic heterocycles. The Balaban J connectivity index is 4.95. The lowest BCUT2D eigenvalue weighted by Gasteiger charge is -2.22. The van der Waals surface area contributed by atoms with Crippen LogP contribution in [0, 0.1) is 0 Å². The van der Waals surface area contributed by atoms with Crippen molar-refractivity contribution >= 4 is 5.97 Å². The van der Waals surface area contributed by atoms with Gasteiger partial charge in [-0.25, -0.2) is 4.79 Å². The van der Waals surface area contributed by atoms with Crippen LogP contribution in [0.1, 0.15) is 6.92 Å². The van der Waals surface area contributed by atoms with Gasteiger partial charge in [-0.2, -0.15) is 22.0 Å². The molecule has 0 aliphatic heterocycles. The van der Waals surface area contributed by atoms with Gasteiger partial charge in [-0.15, -0.1) is 0 Å². The van der Waals surface area contributed by atoms with Crippen LogP contribution in [0.2, 0.25) is 0 Å². The molecule has 0 radical (unpaired) electrons. The van der Waals surface area contributed by atoms with E-state index in [0.717, 1.165) is 6.92 Å². The third kappa shape index (κ3) is 3.15. The van der Waals surface area contributed by atoms with E-state index in [2.05, 4.69) is 0 Å². The summed E-state index contributed by atoms with van der Waals surface area (Å²) >= 11 is 0. The van der Waals surface area contributed by atoms with Gasteiger partial charge in [0.2, 0.25) is 0 Å². The van der Waals surface area contributed by atoms with E-state index in [0.29, 0.717) is 0 Å². The zero-order valence-corrected chi connectivity index (χ0v) is 7.35. The Morgan fingerprint density at radius 2 is 1.67 bits per heavy atom. The van der Waals surface area contributed by atoms with Crippen LogP contribution in [0.5, 0.6) is 0 Å². The fraction of sp³-hybridized carbons (Fsp3) is 0.571. The van der Waals surface area contributed by atoms with Crippen molar-refractivity contribution < 1.29 is 37.0 Å². The molecule has 3 nitrogen and oxygen atoms in total. The number of aliphatic hydroxyl groups is 1. The molecule has 0 amide bonds. The number of rotatable bonds is 3. The van der Waals surface area contributed by atoms with Crippen LogP contribution < -0.4 is 0 Å². The highest BCUT2D eigenvalue weighted by atomic mass is 19.4. The molecule has 0 aliphatic rings. The van der Waals surface area contributed by atoms with Crippen molar-refractivity contribution in [1.29, 1.82) is 0 Å². The summed E-state index contributed by atoms with van der Waals surface area (Å²) in [6.45, 7) is 0.790. The third-order valence-corrected chi connectivity index (χ3v) is 1.49. The highest BCUT2D eigenvalue weighted by Crippen LogP contribution is 2.38. The average molecular weight is 234 g/mol. The molecule has 8 heteroatoms. The van der Waals surface area contributed by atoms with Crippen LogP contribution in [0.25, 0.3) is 0 Å². The van der Waals surface area contributed by atoms with Crippen LogP contribution in [-0.2, 0) is 4.79 Å². The van der Waals surface area contributed by atoms with Gasteiger partial charge in [-0.1, -0.05) is 0 Å². The minimum atomic E-state index is -5.93. The van der Waals surface area contributed by atoms with Gasteiger partial charge in [-0.05, 0) is 13.0 Å². The number of aliphatic hydroxyl groups excluding tert-OH is 1. The van der Waals surface area contributed by atoms with Crippen LogP contribution in [-0.4, -0.2) is 34.4 Å². The van der Waals surface area contributed by atoms with Gasteiger partial charge in [0.05, 0.1) is 0 Å². The standard InChI is InChI=1S/C7H7F5O3/c1-3(5(14)15)2-4(13)6(8,9)7(10,11)12/h2,4,13H,1H3,(H,14,15). The van der Waals surface area contributed by atoms with Gasteiger partial charge in [-0.3, -0.25) is 0 Å². The number of hydrogen-bond donors (Lipinski definition) is 2. The summed E-state index contributed by atoms with van der Waals surface area (Å²) in [7, 11) is 0. The summed E-state index contributed by atoms with van der Waals surface area (Å²) in [4.78, 5) is 10.1. The Hall–Kier alpha value is -1.18. The SMILES string of the molecule is CC(=CC(O)C(F)(F)C(F)(F)F)C(=O)O. The second-order valence-corrected chi connectivity index (χ2v) is 2.72. The lowest BCUT2D eigenvalue weighted by molar-refractivity contribution is -0.305. The summed E-state index contributed by atoms with van der Waals surface area (Å²) in [5.74, 6) is -7.06. The van der Waals surface area contributed by atoms with Gasteiger partial charge in [0.1, 0.15) is 6.10 Å². The molecule has 0 aromatic carbocycles. The monoisotopic (exact) mass is 234 g/mol. The normalized spacial score (nSPS) is 16.3. The molecule has 0 saturated carbocycles. The molecule has 0 fully saturated rings. The first kappa shape index (κ1) is 13.8. The van der Waals surface area contributed by atoms with E-state index in [4.69, 9.17) is 10.2 Å². The van der Waals surface area contributed by atoms with Gasteiger partial charge in [0.25, 0.3) is 0 Å². The number of halogens is 5. The fourth-order valence-corrected chi connectivity index (χ4v) is 0.580. The number of carbonyl (C=O) groups is 1. The summed E-state index contributed by atoms with van der Waals surface area (Å²) in [5, 5.41) is 16.7. The van der Waals surface area contributed by atoms with Crippen LogP contribution >= 0.6 is 0 Å². The third-order valence-electron chi connectivity index (χ3n) is 1.49. The van der Waals surface area contributed by atoms with E-state index < -0.39 is 29.7 Å². The van der Waals surface area contributed by atoms with E-state index in [1.54, 1.807) is 0 Å². The highest BCUT2D eigenvalue weighted by Gasteiger charge is 2.61. The smallest absolute Gasteiger partial charge is 0.456 e. The molecule has 0 aliphatic carbocycles. The number of alkyl halides is 5. The van der Waals surface area contributed by atoms with Crippen molar-refractivity contribution in [3.63, 3.8) is 0 Å². The molecule has 0 saturated heterocycles. The summed E-state index contributed by atoms with van der Waals surface area (Å²) in [5.41, 5.74) is -0.800. The zero-order valence-electron chi connectivity index (χ0n) is 7.35. The first-order valence-corrected chi connectivity index (χ1v) is 3.54. The molecule has 0 aromatic rings. The highest BCUT2D eigenvalue weighted by molar-refractivity contribution is 5.85. The molecule has 0 spiro atoms. The van der Waals surface area contributed by atoms with Crippen molar-refractivity contribution in [3.05, 3.63) is 11.6 Å². The minimum absolute atomic E-state index is 0.0597. The second-order valence-electron chi connectivity index (χ2n) is 2.72. The lowest BCUT2D eigenvalue weighted by atomic mass is 10.1. The van der Waals surface area contributed by atoms with Crippen molar-refractivity contribution in [1.82, 2.24) is 0 Å². The Bertz CT molecular complexity index is 281. The number of carboxylic acid groups (broad SMARTS) is 1. The van der Waals surface area contributed by atoms with E-state index in [-0.39, 0.29) is 6.08 Å². The Labute approximate surface area is 80.8 Å². The van der Waals surface area contributed by atoms with E-state index in [1.807, 2.05) is 0 Å². The second kappa shape index (κ2) is 4.13.